The number of carbonyl (C=O) groups is 1. The molecule has 0 spiro atoms. The first kappa shape index (κ1) is 21.0. The van der Waals surface area contributed by atoms with E-state index in [2.05, 4.69) is 20.3 Å². The normalized spacial score (nSPS) is 10.7. The maximum absolute atomic E-state index is 12.4. The fourth-order valence-electron chi connectivity index (χ4n) is 2.96. The Kier molecular flexibility index (Phi) is 6.25. The van der Waals surface area contributed by atoms with Crippen molar-refractivity contribution in [1.82, 2.24) is 15.0 Å². The molecule has 4 aromatic rings. The van der Waals surface area contributed by atoms with Crippen LogP contribution in [0.3, 0.4) is 0 Å². The fourth-order valence-corrected chi connectivity index (χ4v) is 3.90. The van der Waals surface area contributed by atoms with E-state index in [1.54, 1.807) is 30.6 Å². The van der Waals surface area contributed by atoms with Gasteiger partial charge in [-0.3, -0.25) is 4.79 Å². The Morgan fingerprint density at radius 3 is 2.74 bits per heavy atom. The number of thiophene rings is 1. The lowest BCUT2D eigenvalue weighted by Crippen LogP contribution is -2.10. The molecule has 1 amide bonds. The Balaban J connectivity index is 1.56. The van der Waals surface area contributed by atoms with E-state index in [-0.39, 0.29) is 5.91 Å². The Labute approximate surface area is 188 Å². The number of pyridine rings is 1. The highest BCUT2D eigenvalue weighted by atomic mass is 35.5. The summed E-state index contributed by atoms with van der Waals surface area (Å²) < 4.78 is 6.69. The number of nitrogens with zero attached hydrogens (tertiary/aromatic N) is 3. The molecule has 0 aliphatic carbocycles. The Morgan fingerprint density at radius 1 is 1.13 bits per heavy atom. The second kappa shape index (κ2) is 9.24. The maximum atomic E-state index is 12.4. The zero-order valence-electron chi connectivity index (χ0n) is 16.9. The number of benzene rings is 1. The molecule has 0 aliphatic rings. The molecule has 0 saturated heterocycles. The lowest BCUT2D eigenvalue weighted by atomic mass is 10.1. The monoisotopic (exact) mass is 450 g/mol. The first-order chi connectivity index (χ1) is 15.0. The summed E-state index contributed by atoms with van der Waals surface area (Å²) in [6.45, 7) is 3.92. The van der Waals surface area contributed by atoms with Gasteiger partial charge < -0.3 is 10.1 Å². The van der Waals surface area contributed by atoms with Gasteiger partial charge in [0, 0.05) is 24.5 Å². The van der Waals surface area contributed by atoms with E-state index in [9.17, 15) is 4.79 Å². The minimum Gasteiger partial charge on any atom is -0.438 e. The van der Waals surface area contributed by atoms with E-state index in [0.29, 0.717) is 26.5 Å². The summed E-state index contributed by atoms with van der Waals surface area (Å²) in [6.07, 6.45) is 4.16. The predicted octanol–water partition coefficient (Wildman–Crippen LogP) is 6.17. The van der Waals surface area contributed by atoms with Gasteiger partial charge in [-0.2, -0.15) is 0 Å². The summed E-state index contributed by atoms with van der Waals surface area (Å²) in [5.74, 6) is 1.65. The van der Waals surface area contributed by atoms with Crippen molar-refractivity contribution in [2.75, 3.05) is 5.32 Å². The molecule has 8 heteroatoms. The summed E-state index contributed by atoms with van der Waals surface area (Å²) in [6, 6.07) is 14.5. The van der Waals surface area contributed by atoms with Gasteiger partial charge in [0.25, 0.3) is 5.91 Å². The first-order valence-corrected chi connectivity index (χ1v) is 10.9. The molecule has 0 fully saturated rings. The number of amides is 1. The topological polar surface area (TPSA) is 77.0 Å². The molecule has 0 unspecified atom stereocenters. The van der Waals surface area contributed by atoms with Crippen LogP contribution in [0, 0.1) is 6.92 Å². The summed E-state index contributed by atoms with van der Waals surface area (Å²) in [4.78, 5) is 26.1. The average Bonchev–Trinajstić information content (AvgIpc) is 3.22. The molecule has 156 valence electrons. The molecule has 0 saturated carbocycles. The van der Waals surface area contributed by atoms with Crippen molar-refractivity contribution in [3.8, 4) is 22.9 Å². The SMILES string of the molecule is CCc1nccc(-c2cccnc2Oc2ccc(NC(=O)c3ccc(Cl)s3)cc2C)n1. The van der Waals surface area contributed by atoms with Crippen LogP contribution in [0.25, 0.3) is 11.3 Å². The molecular weight excluding hydrogens is 432 g/mol. The van der Waals surface area contributed by atoms with Crippen molar-refractivity contribution < 1.29 is 9.53 Å². The van der Waals surface area contributed by atoms with Gasteiger partial charge in [-0.05, 0) is 61.0 Å². The van der Waals surface area contributed by atoms with Crippen LogP contribution < -0.4 is 10.1 Å². The van der Waals surface area contributed by atoms with Crippen LogP contribution in [0.5, 0.6) is 11.6 Å². The number of nitrogens with one attached hydrogen (secondary N) is 1. The van der Waals surface area contributed by atoms with Gasteiger partial charge >= 0.3 is 0 Å². The molecule has 3 heterocycles. The molecule has 0 atom stereocenters. The highest BCUT2D eigenvalue weighted by Gasteiger charge is 2.13. The van der Waals surface area contributed by atoms with Crippen molar-refractivity contribution in [1.29, 1.82) is 0 Å². The average molecular weight is 451 g/mol. The quantitative estimate of drug-likeness (QED) is 0.380. The van der Waals surface area contributed by atoms with Crippen molar-refractivity contribution >= 4 is 34.5 Å². The Hall–Kier alpha value is -3.29. The van der Waals surface area contributed by atoms with Crippen LogP contribution in [-0.4, -0.2) is 20.9 Å². The van der Waals surface area contributed by atoms with E-state index in [0.717, 1.165) is 29.1 Å². The van der Waals surface area contributed by atoms with Gasteiger partial charge in [0.2, 0.25) is 5.88 Å². The number of hydrogen-bond acceptors (Lipinski definition) is 6. The van der Waals surface area contributed by atoms with Crippen LogP contribution in [0.2, 0.25) is 4.34 Å². The van der Waals surface area contributed by atoms with Crippen molar-refractivity contribution in [3.05, 3.63) is 81.5 Å². The Bertz CT molecular complexity index is 1240. The lowest BCUT2D eigenvalue weighted by molar-refractivity contribution is 0.103. The largest absolute Gasteiger partial charge is 0.438 e. The number of aromatic nitrogens is 3. The lowest BCUT2D eigenvalue weighted by Gasteiger charge is -2.13. The number of carbonyl (C=O) groups excluding carboxylic acids is 1. The van der Waals surface area contributed by atoms with Crippen molar-refractivity contribution in [2.45, 2.75) is 20.3 Å². The molecular formula is C23H19ClN4O2S. The minimum absolute atomic E-state index is 0.201. The van der Waals surface area contributed by atoms with Crippen LogP contribution in [0.1, 0.15) is 28.0 Å². The third kappa shape index (κ3) is 4.90. The molecule has 0 bridgehead atoms. The molecule has 1 aromatic carbocycles. The zero-order valence-corrected chi connectivity index (χ0v) is 18.5. The molecule has 31 heavy (non-hydrogen) atoms. The highest BCUT2D eigenvalue weighted by molar-refractivity contribution is 7.18. The van der Waals surface area contributed by atoms with E-state index < -0.39 is 0 Å². The second-order valence-corrected chi connectivity index (χ2v) is 8.42. The number of aryl methyl sites for hydroxylation is 2. The number of anilines is 1. The summed E-state index contributed by atoms with van der Waals surface area (Å²) >= 11 is 7.15. The first-order valence-electron chi connectivity index (χ1n) is 9.66. The fraction of sp³-hybridized carbons (Fsp3) is 0.130. The third-order valence-corrected chi connectivity index (χ3v) is 5.74. The molecule has 3 aromatic heterocycles. The van der Waals surface area contributed by atoms with Gasteiger partial charge in [-0.25, -0.2) is 15.0 Å². The number of hydrogen-bond donors (Lipinski definition) is 1. The van der Waals surface area contributed by atoms with Gasteiger partial charge in [0.15, 0.2) is 0 Å². The van der Waals surface area contributed by atoms with Crippen LogP contribution >= 0.6 is 22.9 Å². The van der Waals surface area contributed by atoms with Gasteiger partial charge in [-0.1, -0.05) is 18.5 Å². The highest BCUT2D eigenvalue weighted by Crippen LogP contribution is 2.33. The predicted molar refractivity (Wildman–Crippen MR) is 123 cm³/mol. The van der Waals surface area contributed by atoms with Crippen LogP contribution in [-0.2, 0) is 6.42 Å². The third-order valence-electron chi connectivity index (χ3n) is 4.51. The maximum Gasteiger partial charge on any atom is 0.265 e. The smallest absolute Gasteiger partial charge is 0.265 e. The van der Waals surface area contributed by atoms with E-state index >= 15 is 0 Å². The van der Waals surface area contributed by atoms with Gasteiger partial charge in [-0.15, -0.1) is 11.3 Å². The van der Waals surface area contributed by atoms with Gasteiger partial charge in [0.05, 0.1) is 20.5 Å². The zero-order chi connectivity index (χ0) is 21.8. The van der Waals surface area contributed by atoms with Crippen molar-refractivity contribution in [3.63, 3.8) is 0 Å². The van der Waals surface area contributed by atoms with Crippen LogP contribution in [0.4, 0.5) is 5.69 Å². The number of ether oxygens (including phenoxy) is 1. The van der Waals surface area contributed by atoms with E-state index in [4.69, 9.17) is 16.3 Å². The summed E-state index contributed by atoms with van der Waals surface area (Å²) in [5, 5.41) is 2.88. The van der Waals surface area contributed by atoms with E-state index in [1.165, 1.54) is 11.3 Å². The Morgan fingerprint density at radius 2 is 2.00 bits per heavy atom. The standard InChI is InChI=1S/C23H19ClN4O2S/c1-3-21-25-12-10-17(28-21)16-5-4-11-26-23(16)30-18-7-6-15(13-14(18)2)27-22(29)19-8-9-20(24)31-19/h4-13H,3H2,1-2H3,(H,27,29). The van der Waals surface area contributed by atoms with E-state index in [1.807, 2.05) is 44.2 Å². The molecule has 0 aliphatic heterocycles. The minimum atomic E-state index is -0.201. The van der Waals surface area contributed by atoms with Gasteiger partial charge in [0.1, 0.15) is 11.6 Å². The molecule has 1 N–H and O–H groups in total. The van der Waals surface area contributed by atoms with Crippen molar-refractivity contribution in [2.24, 2.45) is 0 Å². The van der Waals surface area contributed by atoms with Crippen LogP contribution in [0.15, 0.2) is 60.9 Å². The molecule has 0 radical (unpaired) electrons. The number of rotatable bonds is 6. The molecule has 4 rings (SSSR count). The number of halogens is 1. The summed E-state index contributed by atoms with van der Waals surface area (Å²) in [5.41, 5.74) is 3.07. The molecule has 6 nitrogen and oxygen atoms in total. The second-order valence-electron chi connectivity index (χ2n) is 6.71. The summed E-state index contributed by atoms with van der Waals surface area (Å²) in [7, 11) is 0.